The molecule has 0 aliphatic carbocycles. The number of aliphatic hydroxyl groups excluding tert-OH is 1. The van der Waals surface area contributed by atoms with Crippen molar-refractivity contribution in [2.45, 2.75) is 18.0 Å². The molecule has 1 aromatic heterocycles. The van der Waals surface area contributed by atoms with Gasteiger partial charge in [-0.15, -0.1) is 0 Å². The van der Waals surface area contributed by atoms with Crippen LogP contribution in [-0.2, 0) is 23.2 Å². The molecule has 8 heteroatoms. The summed E-state index contributed by atoms with van der Waals surface area (Å²) < 4.78 is 26.7. The third kappa shape index (κ3) is 3.93. The van der Waals surface area contributed by atoms with Gasteiger partial charge in [-0.05, 0) is 17.2 Å². The van der Waals surface area contributed by atoms with Crippen LogP contribution in [0.15, 0.2) is 41.4 Å². The van der Waals surface area contributed by atoms with Crippen LogP contribution in [0.3, 0.4) is 0 Å². The normalized spacial score (nSPS) is 11.6. The third-order valence-electron chi connectivity index (χ3n) is 2.82. The maximum Gasteiger partial charge on any atom is 0.242 e. The summed E-state index contributed by atoms with van der Waals surface area (Å²) in [6.45, 7) is -0.106. The molecule has 0 saturated carbocycles. The molecule has 0 unspecified atom stereocenters. The average molecular weight is 347 g/mol. The zero-order valence-corrected chi connectivity index (χ0v) is 13.1. The fourth-order valence-corrected chi connectivity index (χ4v) is 3.00. The van der Waals surface area contributed by atoms with Crippen molar-refractivity contribution >= 4 is 33.2 Å². The van der Waals surface area contributed by atoms with Crippen LogP contribution in [0.5, 0.6) is 0 Å². The molecule has 0 saturated heterocycles. The number of hydrogen-bond acceptors (Lipinski definition) is 4. The predicted octanol–water partition coefficient (Wildman–Crippen LogP) is 2.36. The van der Waals surface area contributed by atoms with E-state index in [9.17, 15) is 13.5 Å². The van der Waals surface area contributed by atoms with Crippen molar-refractivity contribution in [3.05, 3.63) is 57.8 Å². The molecule has 2 aromatic rings. The zero-order valence-electron chi connectivity index (χ0n) is 10.8. The van der Waals surface area contributed by atoms with Crippen LogP contribution >= 0.6 is 23.2 Å². The highest BCUT2D eigenvalue weighted by Crippen LogP contribution is 2.22. The summed E-state index contributed by atoms with van der Waals surface area (Å²) >= 11 is 11.4. The van der Waals surface area contributed by atoms with Crippen LogP contribution in [-0.4, -0.2) is 18.5 Å². The SMILES string of the molecule is O=S(=O)(NCc1ccccc1CO)c1cnc(Cl)c(Cl)c1. The van der Waals surface area contributed by atoms with Crippen molar-refractivity contribution in [3.63, 3.8) is 0 Å². The smallest absolute Gasteiger partial charge is 0.242 e. The molecule has 0 spiro atoms. The van der Waals surface area contributed by atoms with E-state index in [0.29, 0.717) is 11.1 Å². The summed E-state index contributed by atoms with van der Waals surface area (Å²) in [4.78, 5) is 3.64. The number of benzene rings is 1. The topological polar surface area (TPSA) is 79.3 Å². The van der Waals surface area contributed by atoms with E-state index in [2.05, 4.69) is 9.71 Å². The third-order valence-corrected chi connectivity index (χ3v) is 4.88. The Kier molecular flexibility index (Phi) is 5.18. The van der Waals surface area contributed by atoms with Gasteiger partial charge in [0.1, 0.15) is 10.0 Å². The highest BCUT2D eigenvalue weighted by Gasteiger charge is 2.16. The minimum Gasteiger partial charge on any atom is -0.392 e. The van der Waals surface area contributed by atoms with Gasteiger partial charge >= 0.3 is 0 Å². The molecule has 0 aliphatic heterocycles. The highest BCUT2D eigenvalue weighted by atomic mass is 35.5. The fourth-order valence-electron chi connectivity index (χ4n) is 1.69. The van der Waals surface area contributed by atoms with Crippen LogP contribution in [0.25, 0.3) is 0 Å². The molecule has 0 bridgehead atoms. The Bertz CT molecular complexity index is 751. The minimum absolute atomic E-state index is 0.0428. The second-order valence-electron chi connectivity index (χ2n) is 4.20. The van der Waals surface area contributed by atoms with E-state index in [-0.39, 0.29) is 28.2 Å². The van der Waals surface area contributed by atoms with Crippen LogP contribution in [0, 0.1) is 0 Å². The predicted molar refractivity (Wildman–Crippen MR) is 80.6 cm³/mol. The number of sulfonamides is 1. The van der Waals surface area contributed by atoms with Gasteiger partial charge in [-0.2, -0.15) is 0 Å². The van der Waals surface area contributed by atoms with Gasteiger partial charge in [0.25, 0.3) is 0 Å². The molecule has 0 radical (unpaired) electrons. The lowest BCUT2D eigenvalue weighted by Crippen LogP contribution is -2.24. The molecule has 112 valence electrons. The lowest BCUT2D eigenvalue weighted by Gasteiger charge is -2.10. The lowest BCUT2D eigenvalue weighted by atomic mass is 10.1. The van der Waals surface area contributed by atoms with Crippen molar-refractivity contribution in [2.24, 2.45) is 0 Å². The second-order valence-corrected chi connectivity index (χ2v) is 6.73. The first kappa shape index (κ1) is 16.2. The average Bonchev–Trinajstić information content (AvgIpc) is 2.48. The first-order valence-electron chi connectivity index (χ1n) is 5.92. The minimum atomic E-state index is -3.76. The van der Waals surface area contributed by atoms with E-state index in [1.165, 1.54) is 6.07 Å². The first-order chi connectivity index (χ1) is 9.94. The number of halogens is 2. The number of aliphatic hydroxyl groups is 1. The number of nitrogens with zero attached hydrogens (tertiary/aromatic N) is 1. The molecule has 2 N–H and O–H groups in total. The molecule has 0 amide bonds. The highest BCUT2D eigenvalue weighted by molar-refractivity contribution is 7.89. The molecule has 21 heavy (non-hydrogen) atoms. The van der Waals surface area contributed by atoms with Crippen LogP contribution in [0.4, 0.5) is 0 Å². The second kappa shape index (κ2) is 6.72. The molecule has 5 nitrogen and oxygen atoms in total. The van der Waals surface area contributed by atoms with Crippen LogP contribution in [0.1, 0.15) is 11.1 Å². The largest absolute Gasteiger partial charge is 0.392 e. The molecular weight excluding hydrogens is 335 g/mol. The lowest BCUT2D eigenvalue weighted by molar-refractivity contribution is 0.280. The Morgan fingerprint density at radius 1 is 1.19 bits per heavy atom. The Balaban J connectivity index is 2.20. The monoisotopic (exact) mass is 346 g/mol. The Morgan fingerprint density at radius 3 is 2.48 bits per heavy atom. The van der Waals surface area contributed by atoms with Crippen molar-refractivity contribution < 1.29 is 13.5 Å². The number of pyridine rings is 1. The quantitative estimate of drug-likeness (QED) is 0.814. The van der Waals surface area contributed by atoms with Crippen molar-refractivity contribution in [2.75, 3.05) is 0 Å². The van der Waals surface area contributed by atoms with E-state index in [4.69, 9.17) is 23.2 Å². The zero-order chi connectivity index (χ0) is 15.5. The standard InChI is InChI=1S/C13H12Cl2N2O3S/c14-12-5-11(7-16-13(12)15)21(19,20)17-6-9-3-1-2-4-10(9)8-18/h1-5,7,17-18H,6,8H2. The van der Waals surface area contributed by atoms with Gasteiger partial charge in [-0.1, -0.05) is 47.5 Å². The summed E-state index contributed by atoms with van der Waals surface area (Å²) in [5, 5.41) is 9.32. The Morgan fingerprint density at radius 2 is 1.86 bits per heavy atom. The maximum atomic E-state index is 12.2. The van der Waals surface area contributed by atoms with Gasteiger partial charge in [-0.25, -0.2) is 18.1 Å². The van der Waals surface area contributed by atoms with E-state index >= 15 is 0 Å². The summed E-state index contributed by atoms with van der Waals surface area (Å²) in [7, 11) is -3.76. The molecule has 0 atom stereocenters. The van der Waals surface area contributed by atoms with E-state index in [1.54, 1.807) is 24.3 Å². The molecule has 0 aliphatic rings. The fraction of sp³-hybridized carbons (Fsp3) is 0.154. The number of rotatable bonds is 5. The number of hydrogen-bond donors (Lipinski definition) is 2. The van der Waals surface area contributed by atoms with E-state index in [0.717, 1.165) is 6.20 Å². The summed E-state index contributed by atoms with van der Waals surface area (Å²) in [6.07, 6.45) is 1.13. The number of aromatic nitrogens is 1. The van der Waals surface area contributed by atoms with Crippen LogP contribution in [0.2, 0.25) is 10.2 Å². The first-order valence-corrected chi connectivity index (χ1v) is 8.16. The van der Waals surface area contributed by atoms with Crippen LogP contribution < -0.4 is 4.72 Å². The Labute approximate surface area is 132 Å². The molecule has 0 fully saturated rings. The van der Waals surface area contributed by atoms with Gasteiger partial charge in [0.2, 0.25) is 10.0 Å². The van der Waals surface area contributed by atoms with Crippen molar-refractivity contribution in [1.29, 1.82) is 0 Å². The van der Waals surface area contributed by atoms with Crippen molar-refractivity contribution in [1.82, 2.24) is 9.71 Å². The molecular formula is C13H12Cl2N2O3S. The van der Waals surface area contributed by atoms with Gasteiger partial charge in [0, 0.05) is 12.7 Å². The summed E-state index contributed by atoms with van der Waals surface area (Å²) in [6, 6.07) is 8.23. The summed E-state index contributed by atoms with van der Waals surface area (Å²) in [5.74, 6) is 0. The van der Waals surface area contributed by atoms with Gasteiger partial charge in [-0.3, -0.25) is 0 Å². The van der Waals surface area contributed by atoms with Gasteiger partial charge in [0.05, 0.1) is 11.6 Å². The van der Waals surface area contributed by atoms with E-state index in [1.807, 2.05) is 0 Å². The van der Waals surface area contributed by atoms with Gasteiger partial charge < -0.3 is 5.11 Å². The molecule has 1 aromatic carbocycles. The molecule has 2 rings (SSSR count). The van der Waals surface area contributed by atoms with Gasteiger partial charge in [0.15, 0.2) is 0 Å². The number of nitrogens with one attached hydrogen (secondary N) is 1. The Hall–Kier alpha value is -1.18. The molecule has 1 heterocycles. The van der Waals surface area contributed by atoms with Crippen molar-refractivity contribution in [3.8, 4) is 0 Å². The maximum absolute atomic E-state index is 12.2. The summed E-state index contributed by atoms with van der Waals surface area (Å²) in [5.41, 5.74) is 1.35. The van der Waals surface area contributed by atoms with E-state index < -0.39 is 10.0 Å².